The van der Waals surface area contributed by atoms with E-state index in [1.807, 2.05) is 19.1 Å². The fourth-order valence-corrected chi connectivity index (χ4v) is 1.82. The number of aryl methyl sites for hydroxylation is 1. The molecule has 0 radical (unpaired) electrons. The van der Waals surface area contributed by atoms with Gasteiger partial charge in [-0.05, 0) is 40.5 Å². The summed E-state index contributed by atoms with van der Waals surface area (Å²) < 4.78 is 5.99. The molecule has 0 aliphatic heterocycles. The second kappa shape index (κ2) is 7.10. The first-order valence-corrected chi connectivity index (χ1v) is 6.26. The molecule has 0 fully saturated rings. The van der Waals surface area contributed by atoms with Crippen LogP contribution in [0.2, 0.25) is 0 Å². The third-order valence-corrected chi connectivity index (χ3v) is 2.84. The van der Waals surface area contributed by atoms with E-state index in [9.17, 15) is 9.59 Å². The van der Waals surface area contributed by atoms with E-state index in [4.69, 9.17) is 14.9 Å². The maximum Gasteiger partial charge on any atom is 0.334 e. The number of rotatable bonds is 6. The standard InChI is InChI=1S/C12H14BrNO5/c1-7-2-3-10(8(13)4-7)19-6-11(16)14-5-9(15)12(17)18/h2-4,9,15H,5-6H2,1H3,(H,14,16)(H,17,18). The van der Waals surface area contributed by atoms with Crippen LogP contribution in [0.15, 0.2) is 22.7 Å². The monoisotopic (exact) mass is 331 g/mol. The first kappa shape index (κ1) is 15.5. The van der Waals surface area contributed by atoms with E-state index in [1.165, 1.54) is 0 Å². The smallest absolute Gasteiger partial charge is 0.334 e. The van der Waals surface area contributed by atoms with E-state index in [0.717, 1.165) is 10.0 Å². The number of halogens is 1. The van der Waals surface area contributed by atoms with Crippen molar-refractivity contribution in [2.45, 2.75) is 13.0 Å². The van der Waals surface area contributed by atoms with E-state index in [1.54, 1.807) is 6.07 Å². The van der Waals surface area contributed by atoms with Gasteiger partial charge in [0.25, 0.3) is 5.91 Å². The average molecular weight is 332 g/mol. The minimum absolute atomic E-state index is 0.256. The molecule has 1 aromatic rings. The summed E-state index contributed by atoms with van der Waals surface area (Å²) in [7, 11) is 0. The number of aliphatic hydroxyl groups is 1. The summed E-state index contributed by atoms with van der Waals surface area (Å²) in [5.41, 5.74) is 1.05. The van der Waals surface area contributed by atoms with Crippen molar-refractivity contribution in [1.82, 2.24) is 5.32 Å². The van der Waals surface area contributed by atoms with Gasteiger partial charge in [-0.15, -0.1) is 0 Å². The molecule has 0 aromatic heterocycles. The lowest BCUT2D eigenvalue weighted by Gasteiger charge is -2.10. The molecule has 1 aromatic carbocycles. The Morgan fingerprint density at radius 1 is 1.47 bits per heavy atom. The van der Waals surface area contributed by atoms with Crippen LogP contribution in [0.4, 0.5) is 0 Å². The zero-order valence-corrected chi connectivity index (χ0v) is 11.8. The number of carbonyl (C=O) groups is 2. The van der Waals surface area contributed by atoms with Crippen LogP contribution in [0.25, 0.3) is 0 Å². The Balaban J connectivity index is 2.40. The third-order valence-electron chi connectivity index (χ3n) is 2.22. The van der Waals surface area contributed by atoms with Crippen LogP contribution in [-0.2, 0) is 9.59 Å². The lowest BCUT2D eigenvalue weighted by Crippen LogP contribution is -2.38. The van der Waals surface area contributed by atoms with E-state index in [0.29, 0.717) is 5.75 Å². The van der Waals surface area contributed by atoms with Gasteiger partial charge >= 0.3 is 5.97 Å². The molecule has 1 atom stereocenters. The second-order valence-electron chi connectivity index (χ2n) is 3.88. The van der Waals surface area contributed by atoms with Crippen LogP contribution < -0.4 is 10.1 Å². The molecule has 1 rings (SSSR count). The number of hydrogen-bond acceptors (Lipinski definition) is 4. The van der Waals surface area contributed by atoms with Gasteiger partial charge in [-0.25, -0.2) is 4.79 Å². The molecule has 0 saturated carbocycles. The Hall–Kier alpha value is -1.60. The summed E-state index contributed by atoms with van der Waals surface area (Å²) in [5, 5.41) is 19.7. The van der Waals surface area contributed by atoms with Crippen molar-refractivity contribution >= 4 is 27.8 Å². The van der Waals surface area contributed by atoms with Gasteiger partial charge in [0.05, 0.1) is 11.0 Å². The summed E-state index contributed by atoms with van der Waals surface area (Å²) in [5.74, 6) is -1.38. The summed E-state index contributed by atoms with van der Waals surface area (Å²) in [6.07, 6.45) is -1.62. The lowest BCUT2D eigenvalue weighted by atomic mass is 10.2. The van der Waals surface area contributed by atoms with Gasteiger partial charge in [0.1, 0.15) is 5.75 Å². The number of amides is 1. The highest BCUT2D eigenvalue weighted by Crippen LogP contribution is 2.25. The fourth-order valence-electron chi connectivity index (χ4n) is 1.22. The minimum Gasteiger partial charge on any atom is -0.483 e. The molecular weight excluding hydrogens is 318 g/mol. The van der Waals surface area contributed by atoms with Crippen molar-refractivity contribution in [1.29, 1.82) is 0 Å². The van der Waals surface area contributed by atoms with Gasteiger partial charge in [0.15, 0.2) is 12.7 Å². The van der Waals surface area contributed by atoms with Crippen molar-refractivity contribution in [2.24, 2.45) is 0 Å². The van der Waals surface area contributed by atoms with Crippen LogP contribution in [0.1, 0.15) is 5.56 Å². The number of hydrogen-bond donors (Lipinski definition) is 3. The Morgan fingerprint density at radius 3 is 2.74 bits per heavy atom. The predicted molar refractivity (Wildman–Crippen MR) is 71.0 cm³/mol. The lowest BCUT2D eigenvalue weighted by molar-refractivity contribution is -0.146. The molecule has 104 valence electrons. The maximum absolute atomic E-state index is 11.4. The molecule has 0 aliphatic rings. The van der Waals surface area contributed by atoms with Crippen LogP contribution >= 0.6 is 15.9 Å². The van der Waals surface area contributed by atoms with Gasteiger partial charge in [0, 0.05) is 0 Å². The van der Waals surface area contributed by atoms with Crippen molar-refractivity contribution in [3.63, 3.8) is 0 Å². The first-order chi connectivity index (χ1) is 8.90. The molecule has 3 N–H and O–H groups in total. The Morgan fingerprint density at radius 2 is 2.16 bits per heavy atom. The number of nitrogens with one attached hydrogen (secondary N) is 1. The Labute approximate surface area is 118 Å². The van der Waals surface area contributed by atoms with Crippen LogP contribution in [0.5, 0.6) is 5.75 Å². The number of aliphatic carboxylic acids is 1. The minimum atomic E-state index is -1.62. The number of ether oxygens (including phenoxy) is 1. The molecule has 7 heteroatoms. The number of carboxylic acids is 1. The quantitative estimate of drug-likeness (QED) is 0.713. The zero-order valence-electron chi connectivity index (χ0n) is 10.2. The Kier molecular flexibility index (Phi) is 5.78. The molecule has 0 saturated heterocycles. The van der Waals surface area contributed by atoms with Gasteiger partial charge in [-0.3, -0.25) is 4.79 Å². The number of carboxylic acid groups (broad SMARTS) is 1. The van der Waals surface area contributed by atoms with Crippen LogP contribution in [0.3, 0.4) is 0 Å². The molecule has 19 heavy (non-hydrogen) atoms. The highest BCUT2D eigenvalue weighted by Gasteiger charge is 2.14. The summed E-state index contributed by atoms with van der Waals surface area (Å²) in [4.78, 5) is 21.7. The van der Waals surface area contributed by atoms with Gasteiger partial charge in [-0.1, -0.05) is 6.07 Å². The normalized spacial score (nSPS) is 11.7. The predicted octanol–water partition coefficient (Wildman–Crippen LogP) is 0.698. The maximum atomic E-state index is 11.4. The molecule has 0 bridgehead atoms. The first-order valence-electron chi connectivity index (χ1n) is 5.46. The largest absolute Gasteiger partial charge is 0.483 e. The number of carbonyl (C=O) groups excluding carboxylic acids is 1. The van der Waals surface area contributed by atoms with Crippen molar-refractivity contribution < 1.29 is 24.5 Å². The summed E-state index contributed by atoms with van der Waals surface area (Å²) >= 11 is 3.30. The van der Waals surface area contributed by atoms with E-state index in [-0.39, 0.29) is 13.2 Å². The number of aliphatic hydroxyl groups excluding tert-OH is 1. The molecular formula is C12H14BrNO5. The SMILES string of the molecule is Cc1ccc(OCC(=O)NCC(O)C(=O)O)c(Br)c1. The Bertz CT molecular complexity index is 477. The number of benzene rings is 1. The van der Waals surface area contributed by atoms with Crippen molar-refractivity contribution in [3.05, 3.63) is 28.2 Å². The van der Waals surface area contributed by atoms with Crippen molar-refractivity contribution in [2.75, 3.05) is 13.2 Å². The summed E-state index contributed by atoms with van der Waals surface area (Å²) in [6, 6.07) is 5.41. The van der Waals surface area contributed by atoms with Crippen LogP contribution in [-0.4, -0.2) is 41.3 Å². The fraction of sp³-hybridized carbons (Fsp3) is 0.333. The van der Waals surface area contributed by atoms with Gasteiger partial charge < -0.3 is 20.3 Å². The highest BCUT2D eigenvalue weighted by atomic mass is 79.9. The van der Waals surface area contributed by atoms with E-state index < -0.39 is 18.0 Å². The topological polar surface area (TPSA) is 95.9 Å². The van der Waals surface area contributed by atoms with Gasteiger partial charge in [-0.2, -0.15) is 0 Å². The zero-order chi connectivity index (χ0) is 14.4. The van der Waals surface area contributed by atoms with Crippen molar-refractivity contribution in [3.8, 4) is 5.75 Å². The highest BCUT2D eigenvalue weighted by molar-refractivity contribution is 9.10. The molecule has 0 heterocycles. The second-order valence-corrected chi connectivity index (χ2v) is 4.74. The van der Waals surface area contributed by atoms with E-state index >= 15 is 0 Å². The third kappa shape index (κ3) is 5.27. The van der Waals surface area contributed by atoms with E-state index in [2.05, 4.69) is 21.2 Å². The summed E-state index contributed by atoms with van der Waals surface area (Å²) in [6.45, 7) is 1.31. The molecule has 6 nitrogen and oxygen atoms in total. The molecule has 0 spiro atoms. The average Bonchev–Trinajstić information content (AvgIpc) is 2.34. The molecule has 0 aliphatic carbocycles. The van der Waals surface area contributed by atoms with Gasteiger partial charge in [0.2, 0.25) is 0 Å². The molecule has 1 unspecified atom stereocenters. The molecule has 1 amide bonds. The van der Waals surface area contributed by atoms with Crippen LogP contribution in [0, 0.1) is 6.92 Å².